The Kier molecular flexibility index (Phi) is 5.37. The summed E-state index contributed by atoms with van der Waals surface area (Å²) in [4.78, 5) is 24.3. The number of benzene rings is 1. The lowest BCUT2D eigenvalue weighted by molar-refractivity contribution is -0.123. The highest BCUT2D eigenvalue weighted by atomic mass is 19.1. The van der Waals surface area contributed by atoms with Crippen LogP contribution in [0.3, 0.4) is 0 Å². The summed E-state index contributed by atoms with van der Waals surface area (Å²) in [7, 11) is 1.48. The topological polar surface area (TPSA) is 80.6 Å². The van der Waals surface area contributed by atoms with E-state index in [2.05, 4.69) is 5.32 Å². The molecule has 1 aliphatic carbocycles. The van der Waals surface area contributed by atoms with Gasteiger partial charge >= 0.3 is 0 Å². The van der Waals surface area contributed by atoms with E-state index in [9.17, 15) is 19.1 Å². The first-order chi connectivity index (χ1) is 12.5. The van der Waals surface area contributed by atoms with Crippen LogP contribution < -0.4 is 15.6 Å². The molecule has 1 amide bonds. The lowest BCUT2D eigenvalue weighted by Gasteiger charge is -2.38. The van der Waals surface area contributed by atoms with Gasteiger partial charge in [-0.3, -0.25) is 9.59 Å². The first kappa shape index (κ1) is 18.1. The number of aliphatic hydroxyl groups excluding tert-OH is 1. The van der Waals surface area contributed by atoms with Crippen LogP contribution in [0.5, 0.6) is 5.75 Å². The Morgan fingerprint density at radius 3 is 2.81 bits per heavy atom. The van der Waals surface area contributed by atoms with Crippen molar-refractivity contribution in [1.82, 2.24) is 9.88 Å². The molecule has 1 fully saturated rings. The van der Waals surface area contributed by atoms with E-state index in [1.807, 2.05) is 0 Å². The van der Waals surface area contributed by atoms with Gasteiger partial charge in [0, 0.05) is 17.8 Å². The van der Waals surface area contributed by atoms with Gasteiger partial charge in [0.2, 0.25) is 5.91 Å². The second kappa shape index (κ2) is 7.70. The molecule has 26 heavy (non-hydrogen) atoms. The molecule has 138 valence electrons. The fourth-order valence-electron chi connectivity index (χ4n) is 3.26. The number of aliphatic hydroxyl groups is 1. The third kappa shape index (κ3) is 3.94. The standard InChI is InChI=1S/C19H21FN2O4/c1-26-16-6-5-13(20)10-15(16)19(12-8-14(23)9-12)21-17(24)11-22-7-3-2-4-18(22)25/h2-7,10,12,14,19,23H,8-9,11H2,1H3,(H,21,24). The monoisotopic (exact) mass is 360 g/mol. The smallest absolute Gasteiger partial charge is 0.250 e. The van der Waals surface area contributed by atoms with Gasteiger partial charge in [0.05, 0.1) is 19.3 Å². The maximum Gasteiger partial charge on any atom is 0.250 e. The number of amides is 1. The van der Waals surface area contributed by atoms with Gasteiger partial charge in [0.25, 0.3) is 5.56 Å². The number of halogens is 1. The average Bonchev–Trinajstić information content (AvgIpc) is 2.59. The van der Waals surface area contributed by atoms with E-state index in [0.29, 0.717) is 24.2 Å². The van der Waals surface area contributed by atoms with Crippen LogP contribution in [-0.4, -0.2) is 28.8 Å². The number of hydrogen-bond donors (Lipinski definition) is 2. The minimum atomic E-state index is -0.504. The zero-order valence-corrected chi connectivity index (χ0v) is 14.4. The minimum absolute atomic E-state index is 0.0304. The van der Waals surface area contributed by atoms with Gasteiger partial charge in [-0.15, -0.1) is 0 Å². The summed E-state index contributed by atoms with van der Waals surface area (Å²) >= 11 is 0. The van der Waals surface area contributed by atoms with Crippen LogP contribution in [-0.2, 0) is 11.3 Å². The molecule has 1 aliphatic rings. The summed E-state index contributed by atoms with van der Waals surface area (Å²) in [5.74, 6) is -0.359. The van der Waals surface area contributed by atoms with Crippen LogP contribution in [0.4, 0.5) is 4.39 Å². The van der Waals surface area contributed by atoms with Gasteiger partial charge in [-0.1, -0.05) is 6.07 Å². The van der Waals surface area contributed by atoms with Crippen molar-refractivity contribution >= 4 is 5.91 Å². The molecule has 2 aromatic rings. The molecule has 0 bridgehead atoms. The summed E-state index contributed by atoms with van der Waals surface area (Å²) in [5, 5.41) is 12.5. The number of aromatic nitrogens is 1. The first-order valence-electron chi connectivity index (χ1n) is 8.44. The molecule has 0 radical (unpaired) electrons. The molecule has 0 saturated heterocycles. The number of rotatable bonds is 6. The Morgan fingerprint density at radius 2 is 2.15 bits per heavy atom. The van der Waals surface area contributed by atoms with Crippen LogP contribution in [0.15, 0.2) is 47.4 Å². The molecule has 0 aliphatic heterocycles. The molecule has 2 N–H and O–H groups in total. The number of carbonyl (C=O) groups is 1. The normalized spacial score (nSPS) is 20.1. The zero-order valence-electron chi connectivity index (χ0n) is 14.4. The lowest BCUT2D eigenvalue weighted by atomic mass is 9.75. The largest absolute Gasteiger partial charge is 0.496 e. The second-order valence-electron chi connectivity index (χ2n) is 6.48. The van der Waals surface area contributed by atoms with Gasteiger partial charge in [-0.05, 0) is 43.0 Å². The molecular formula is C19H21FN2O4. The summed E-state index contributed by atoms with van der Waals surface area (Å²) in [6.45, 7) is -0.136. The van der Waals surface area contributed by atoms with E-state index in [-0.39, 0.29) is 23.9 Å². The number of pyridine rings is 1. The van der Waals surface area contributed by atoms with Crippen molar-refractivity contribution < 1.29 is 19.0 Å². The maximum atomic E-state index is 13.8. The third-order valence-electron chi connectivity index (χ3n) is 4.68. The van der Waals surface area contributed by atoms with Gasteiger partial charge in [0.15, 0.2) is 0 Å². The molecule has 3 rings (SSSR count). The second-order valence-corrected chi connectivity index (χ2v) is 6.48. The summed E-state index contributed by atoms with van der Waals surface area (Å²) in [5.41, 5.74) is 0.250. The van der Waals surface area contributed by atoms with Crippen molar-refractivity contribution in [2.24, 2.45) is 5.92 Å². The predicted molar refractivity (Wildman–Crippen MR) is 93.3 cm³/mol. The van der Waals surface area contributed by atoms with E-state index in [0.717, 1.165) is 0 Å². The Morgan fingerprint density at radius 1 is 1.38 bits per heavy atom. The Labute approximate surface area is 150 Å². The summed E-state index contributed by atoms with van der Waals surface area (Å²) in [6.07, 6.45) is 2.13. The van der Waals surface area contributed by atoms with Gasteiger partial charge in [-0.2, -0.15) is 0 Å². The molecule has 1 aromatic heterocycles. The fraction of sp³-hybridized carbons (Fsp3) is 0.368. The number of methoxy groups -OCH3 is 1. The molecular weight excluding hydrogens is 339 g/mol. The van der Waals surface area contributed by atoms with Crippen molar-refractivity contribution in [3.63, 3.8) is 0 Å². The van der Waals surface area contributed by atoms with Crippen molar-refractivity contribution in [3.05, 3.63) is 64.3 Å². The fourth-order valence-corrected chi connectivity index (χ4v) is 3.26. The molecule has 0 spiro atoms. The van der Waals surface area contributed by atoms with E-state index >= 15 is 0 Å². The Bertz CT molecular complexity index is 845. The number of carbonyl (C=O) groups excluding carboxylic acids is 1. The van der Waals surface area contributed by atoms with Crippen molar-refractivity contribution in [2.75, 3.05) is 7.11 Å². The van der Waals surface area contributed by atoms with E-state index in [1.165, 1.54) is 42.1 Å². The molecule has 6 nitrogen and oxygen atoms in total. The third-order valence-corrected chi connectivity index (χ3v) is 4.68. The molecule has 1 aromatic carbocycles. The minimum Gasteiger partial charge on any atom is -0.496 e. The zero-order chi connectivity index (χ0) is 18.7. The Balaban J connectivity index is 1.83. The number of ether oxygens (including phenoxy) is 1. The summed E-state index contributed by atoms with van der Waals surface area (Å²) < 4.78 is 20.4. The first-order valence-corrected chi connectivity index (χ1v) is 8.44. The Hall–Kier alpha value is -2.67. The summed E-state index contributed by atoms with van der Waals surface area (Å²) in [6, 6.07) is 8.29. The van der Waals surface area contributed by atoms with Crippen molar-refractivity contribution in [1.29, 1.82) is 0 Å². The molecule has 1 heterocycles. The van der Waals surface area contributed by atoms with Crippen LogP contribution in [0.1, 0.15) is 24.4 Å². The van der Waals surface area contributed by atoms with E-state index in [4.69, 9.17) is 4.74 Å². The van der Waals surface area contributed by atoms with Crippen molar-refractivity contribution in [3.8, 4) is 5.75 Å². The highest BCUT2D eigenvalue weighted by molar-refractivity contribution is 5.76. The van der Waals surface area contributed by atoms with Gasteiger partial charge in [-0.25, -0.2) is 4.39 Å². The number of hydrogen-bond acceptors (Lipinski definition) is 4. The lowest BCUT2D eigenvalue weighted by Crippen LogP contribution is -2.43. The van der Waals surface area contributed by atoms with Crippen molar-refractivity contribution in [2.45, 2.75) is 31.5 Å². The highest BCUT2D eigenvalue weighted by Crippen LogP contribution is 2.41. The number of nitrogens with zero attached hydrogens (tertiary/aromatic N) is 1. The van der Waals surface area contributed by atoms with Crippen LogP contribution in [0.2, 0.25) is 0 Å². The predicted octanol–water partition coefficient (Wildman–Crippen LogP) is 1.62. The molecule has 1 atom stereocenters. The highest BCUT2D eigenvalue weighted by Gasteiger charge is 2.37. The maximum absolute atomic E-state index is 13.8. The van der Waals surface area contributed by atoms with E-state index < -0.39 is 18.0 Å². The SMILES string of the molecule is COc1ccc(F)cc1C(NC(=O)Cn1ccccc1=O)C1CC(O)C1. The van der Waals surface area contributed by atoms with Gasteiger partial charge < -0.3 is 19.7 Å². The molecule has 1 unspecified atom stereocenters. The number of nitrogens with one attached hydrogen (secondary N) is 1. The molecule has 1 saturated carbocycles. The molecule has 7 heteroatoms. The van der Waals surface area contributed by atoms with E-state index in [1.54, 1.807) is 12.1 Å². The van der Waals surface area contributed by atoms with Crippen LogP contribution >= 0.6 is 0 Å². The van der Waals surface area contributed by atoms with Crippen LogP contribution in [0, 0.1) is 11.7 Å². The quantitative estimate of drug-likeness (QED) is 0.820. The average molecular weight is 360 g/mol. The van der Waals surface area contributed by atoms with Crippen LogP contribution in [0.25, 0.3) is 0 Å². The van der Waals surface area contributed by atoms with Gasteiger partial charge in [0.1, 0.15) is 18.1 Å².